The van der Waals surface area contributed by atoms with Gasteiger partial charge < -0.3 is 4.57 Å². The molecule has 0 radical (unpaired) electrons. The quantitative estimate of drug-likeness (QED) is 0.485. The number of halogens is 2. The maximum absolute atomic E-state index is 14.0. The summed E-state index contributed by atoms with van der Waals surface area (Å²) in [4.78, 5) is 13.6. The fourth-order valence-electron chi connectivity index (χ4n) is 1.77. The van der Waals surface area contributed by atoms with E-state index in [9.17, 15) is 22.9 Å². The maximum atomic E-state index is 14.0. The van der Waals surface area contributed by atoms with Gasteiger partial charge in [-0.05, 0) is 6.92 Å². The first-order valence-corrected chi connectivity index (χ1v) is 7.91. The van der Waals surface area contributed by atoms with Gasteiger partial charge in [0.2, 0.25) is 5.82 Å². The molecule has 0 saturated heterocycles. The van der Waals surface area contributed by atoms with Crippen LogP contribution in [0.5, 0.6) is 0 Å². The van der Waals surface area contributed by atoms with Crippen LogP contribution < -0.4 is 0 Å². The van der Waals surface area contributed by atoms with Gasteiger partial charge in [0.15, 0.2) is 5.03 Å². The van der Waals surface area contributed by atoms with Gasteiger partial charge >= 0.3 is 5.69 Å². The average Bonchev–Trinajstić information content (AvgIpc) is 2.73. The van der Waals surface area contributed by atoms with Crippen LogP contribution in [0.1, 0.15) is 11.4 Å². The van der Waals surface area contributed by atoms with Crippen molar-refractivity contribution in [3.05, 3.63) is 51.7 Å². The predicted octanol–water partition coefficient (Wildman–Crippen LogP) is 2.21. The van der Waals surface area contributed by atoms with Gasteiger partial charge in [-0.2, -0.15) is 4.39 Å². The van der Waals surface area contributed by atoms with Crippen LogP contribution in [0.25, 0.3) is 0 Å². The Labute approximate surface area is 123 Å². The summed E-state index contributed by atoms with van der Waals surface area (Å²) < 4.78 is 37.7. The van der Waals surface area contributed by atoms with E-state index in [1.807, 2.05) is 0 Å². The molecule has 0 atom stereocenters. The van der Waals surface area contributed by atoms with Crippen molar-refractivity contribution < 1.29 is 17.7 Å². The molecule has 0 N–H and O–H groups in total. The van der Waals surface area contributed by atoms with E-state index in [1.165, 1.54) is 23.6 Å². The van der Waals surface area contributed by atoms with E-state index < -0.39 is 25.5 Å². The third-order valence-electron chi connectivity index (χ3n) is 2.80. The SMILES string of the molecule is Cc1nc(S(=O)(=O)Cl)cn1Cc1cccc([N+](=O)[O-])c1F. The molecule has 0 unspecified atom stereocenters. The van der Waals surface area contributed by atoms with E-state index in [0.717, 1.165) is 12.3 Å². The number of benzene rings is 1. The molecule has 1 aromatic carbocycles. The van der Waals surface area contributed by atoms with Gasteiger partial charge in [-0.25, -0.2) is 13.4 Å². The molecule has 0 spiro atoms. The molecule has 0 aliphatic rings. The van der Waals surface area contributed by atoms with Crippen molar-refractivity contribution >= 4 is 25.4 Å². The highest BCUT2D eigenvalue weighted by atomic mass is 35.7. The van der Waals surface area contributed by atoms with Gasteiger partial charge in [-0.1, -0.05) is 12.1 Å². The summed E-state index contributed by atoms with van der Waals surface area (Å²) >= 11 is 0. The Balaban J connectivity index is 2.42. The number of nitro benzene ring substituents is 1. The molecule has 2 rings (SSSR count). The van der Waals surface area contributed by atoms with E-state index in [0.29, 0.717) is 5.82 Å². The lowest BCUT2D eigenvalue weighted by Crippen LogP contribution is -2.04. The fraction of sp³-hybridized carbons (Fsp3) is 0.182. The van der Waals surface area contributed by atoms with Crippen molar-refractivity contribution in [1.82, 2.24) is 9.55 Å². The smallest absolute Gasteiger partial charge is 0.305 e. The molecule has 21 heavy (non-hydrogen) atoms. The number of hydrogen-bond donors (Lipinski definition) is 0. The first-order chi connectivity index (χ1) is 9.70. The van der Waals surface area contributed by atoms with Crippen molar-refractivity contribution in [3.63, 3.8) is 0 Å². The molecule has 0 amide bonds. The number of aromatic nitrogens is 2. The third kappa shape index (κ3) is 3.19. The Morgan fingerprint density at radius 3 is 2.67 bits per heavy atom. The van der Waals surface area contributed by atoms with Crippen LogP contribution >= 0.6 is 10.7 Å². The molecule has 0 aliphatic carbocycles. The molecule has 1 heterocycles. The largest absolute Gasteiger partial charge is 0.329 e. The number of nitrogens with zero attached hydrogens (tertiary/aromatic N) is 3. The average molecular weight is 334 g/mol. The van der Waals surface area contributed by atoms with Crippen molar-refractivity contribution in [1.29, 1.82) is 0 Å². The highest BCUT2D eigenvalue weighted by Crippen LogP contribution is 2.22. The molecule has 0 saturated carbocycles. The minimum Gasteiger partial charge on any atom is -0.329 e. The van der Waals surface area contributed by atoms with Crippen LogP contribution in [0, 0.1) is 22.9 Å². The third-order valence-corrected chi connectivity index (χ3v) is 3.97. The van der Waals surface area contributed by atoms with Crippen molar-refractivity contribution in [2.45, 2.75) is 18.5 Å². The lowest BCUT2D eigenvalue weighted by molar-refractivity contribution is -0.387. The second-order valence-electron chi connectivity index (χ2n) is 4.20. The number of nitro groups is 1. The van der Waals surface area contributed by atoms with E-state index in [2.05, 4.69) is 4.98 Å². The molecule has 112 valence electrons. The summed E-state index contributed by atoms with van der Waals surface area (Å²) in [5.41, 5.74) is -0.598. The normalized spacial score (nSPS) is 11.6. The Hall–Kier alpha value is -2.00. The van der Waals surface area contributed by atoms with Crippen molar-refractivity contribution in [2.75, 3.05) is 0 Å². The predicted molar refractivity (Wildman–Crippen MR) is 72.2 cm³/mol. The summed E-state index contributed by atoms with van der Waals surface area (Å²) in [6, 6.07) is 3.77. The topological polar surface area (TPSA) is 95.1 Å². The van der Waals surface area contributed by atoms with E-state index in [-0.39, 0.29) is 17.1 Å². The Bertz CT molecular complexity index is 819. The Morgan fingerprint density at radius 1 is 1.48 bits per heavy atom. The van der Waals surface area contributed by atoms with Crippen LogP contribution in [-0.2, 0) is 15.6 Å². The standard InChI is InChI=1S/C11H9ClFN3O4S/c1-7-14-10(21(12,19)20)6-15(7)5-8-3-2-4-9(11(8)13)16(17)18/h2-4,6H,5H2,1H3. The molecular weight excluding hydrogens is 325 g/mol. The van der Waals surface area contributed by atoms with Crippen LogP contribution in [-0.4, -0.2) is 22.9 Å². The second kappa shape index (κ2) is 5.41. The van der Waals surface area contributed by atoms with Gasteiger partial charge in [-0.3, -0.25) is 10.1 Å². The summed E-state index contributed by atoms with van der Waals surface area (Å²) in [6.45, 7) is 1.42. The van der Waals surface area contributed by atoms with Crippen molar-refractivity contribution in [3.8, 4) is 0 Å². The molecule has 10 heteroatoms. The number of rotatable bonds is 4. The van der Waals surface area contributed by atoms with E-state index in [1.54, 1.807) is 0 Å². The molecule has 0 bridgehead atoms. The minimum atomic E-state index is -3.99. The summed E-state index contributed by atoms with van der Waals surface area (Å²) in [7, 11) is 1.19. The molecule has 1 aromatic heterocycles. The lowest BCUT2D eigenvalue weighted by atomic mass is 10.2. The zero-order chi connectivity index (χ0) is 15.8. The van der Waals surface area contributed by atoms with Crippen LogP contribution in [0.2, 0.25) is 0 Å². The van der Waals surface area contributed by atoms with Gasteiger partial charge in [0, 0.05) is 28.5 Å². The molecule has 0 aliphatic heterocycles. The van der Waals surface area contributed by atoms with Crippen LogP contribution in [0.3, 0.4) is 0 Å². The van der Waals surface area contributed by atoms with Gasteiger partial charge in [0.05, 0.1) is 11.5 Å². The highest BCUT2D eigenvalue weighted by Gasteiger charge is 2.20. The zero-order valence-electron chi connectivity index (χ0n) is 10.7. The van der Waals surface area contributed by atoms with Gasteiger partial charge in [0.1, 0.15) is 5.82 Å². The van der Waals surface area contributed by atoms with E-state index in [4.69, 9.17) is 10.7 Å². The minimum absolute atomic E-state index is 0.0446. The molecule has 7 nitrogen and oxygen atoms in total. The highest BCUT2D eigenvalue weighted by molar-refractivity contribution is 8.13. The Morgan fingerprint density at radius 2 is 2.14 bits per heavy atom. The first-order valence-electron chi connectivity index (χ1n) is 5.60. The number of hydrogen-bond acceptors (Lipinski definition) is 5. The number of imidazole rings is 1. The van der Waals surface area contributed by atoms with Gasteiger partial charge in [0.25, 0.3) is 9.05 Å². The fourth-order valence-corrected chi connectivity index (χ4v) is 2.49. The summed E-state index contributed by atoms with van der Waals surface area (Å²) in [5, 5.41) is 10.3. The summed E-state index contributed by atoms with van der Waals surface area (Å²) in [6.07, 6.45) is 1.15. The molecule has 2 aromatic rings. The Kier molecular flexibility index (Phi) is 3.97. The van der Waals surface area contributed by atoms with Gasteiger partial charge in [-0.15, -0.1) is 0 Å². The van der Waals surface area contributed by atoms with Crippen LogP contribution in [0.15, 0.2) is 29.4 Å². The van der Waals surface area contributed by atoms with E-state index >= 15 is 0 Å². The molecule has 0 fully saturated rings. The zero-order valence-corrected chi connectivity index (χ0v) is 12.2. The van der Waals surface area contributed by atoms with Crippen LogP contribution in [0.4, 0.5) is 10.1 Å². The second-order valence-corrected chi connectivity index (χ2v) is 6.71. The maximum Gasteiger partial charge on any atom is 0.305 e. The van der Waals surface area contributed by atoms with Crippen molar-refractivity contribution in [2.24, 2.45) is 0 Å². The summed E-state index contributed by atoms with van der Waals surface area (Å²) in [5.74, 6) is -0.675. The lowest BCUT2D eigenvalue weighted by Gasteiger charge is -2.06. The first kappa shape index (κ1) is 15.4. The monoisotopic (exact) mass is 333 g/mol. The number of aryl methyl sites for hydroxylation is 1. The molecular formula is C11H9ClFN3O4S.